The van der Waals surface area contributed by atoms with Gasteiger partial charge in [0, 0.05) is 47.7 Å². The Kier molecular flexibility index (Phi) is 8.01. The third-order valence-corrected chi connectivity index (χ3v) is 8.77. The average Bonchev–Trinajstić information content (AvgIpc) is 2.94. The number of nitrogens with one attached hydrogen (secondary N) is 1. The predicted octanol–water partition coefficient (Wildman–Crippen LogP) is 6.47. The van der Waals surface area contributed by atoms with Crippen LogP contribution >= 0.6 is 0 Å². The molecule has 39 heavy (non-hydrogen) atoms. The number of aliphatic carboxylic acids is 1. The van der Waals surface area contributed by atoms with Crippen molar-refractivity contribution in [1.82, 2.24) is 10.3 Å². The number of aromatic nitrogens is 1. The Morgan fingerprint density at radius 1 is 0.897 bits per heavy atom. The molecule has 6 nitrogen and oxygen atoms in total. The smallest absolute Gasteiger partial charge is 0.307 e. The van der Waals surface area contributed by atoms with Crippen molar-refractivity contribution in [1.29, 1.82) is 0 Å². The highest BCUT2D eigenvalue weighted by molar-refractivity contribution is 5.95. The highest BCUT2D eigenvalue weighted by Crippen LogP contribution is 2.47. The summed E-state index contributed by atoms with van der Waals surface area (Å²) in [6, 6.07) is 17.5. The lowest BCUT2D eigenvalue weighted by Gasteiger charge is -2.46. The first-order valence-corrected chi connectivity index (χ1v) is 14.2. The Morgan fingerprint density at radius 2 is 1.56 bits per heavy atom. The SMILES string of the molecule is Cc1nc(C)c(-c2ccc(C(=O)NCc3ccccc3)cc2)c(N2CCC3(CCCCC3)CC2)c1CC(=O)O. The molecule has 0 radical (unpaired) electrons. The minimum atomic E-state index is -0.845. The number of hydrogen-bond donors (Lipinski definition) is 2. The summed E-state index contributed by atoms with van der Waals surface area (Å²) >= 11 is 0. The zero-order valence-corrected chi connectivity index (χ0v) is 23.1. The van der Waals surface area contributed by atoms with Gasteiger partial charge in [0.05, 0.1) is 12.1 Å². The Balaban J connectivity index is 1.44. The van der Waals surface area contributed by atoms with E-state index in [1.807, 2.05) is 68.4 Å². The normalized spacial score (nSPS) is 16.7. The number of hydrogen-bond acceptors (Lipinski definition) is 4. The van der Waals surface area contributed by atoms with Crippen LogP contribution < -0.4 is 10.2 Å². The second-order valence-corrected chi connectivity index (χ2v) is 11.3. The summed E-state index contributed by atoms with van der Waals surface area (Å²) in [6.45, 7) is 6.27. The van der Waals surface area contributed by atoms with Gasteiger partial charge in [-0.2, -0.15) is 0 Å². The van der Waals surface area contributed by atoms with Crippen LogP contribution in [0, 0.1) is 19.3 Å². The molecule has 0 bridgehead atoms. The summed E-state index contributed by atoms with van der Waals surface area (Å²) < 4.78 is 0. The monoisotopic (exact) mass is 525 g/mol. The van der Waals surface area contributed by atoms with E-state index in [0.717, 1.165) is 65.3 Å². The number of aryl methyl sites for hydroxylation is 2. The zero-order valence-electron chi connectivity index (χ0n) is 23.1. The van der Waals surface area contributed by atoms with Crippen LogP contribution in [-0.4, -0.2) is 35.1 Å². The van der Waals surface area contributed by atoms with Crippen LogP contribution in [0.1, 0.15) is 77.8 Å². The molecule has 2 fully saturated rings. The fourth-order valence-corrected chi connectivity index (χ4v) is 6.60. The Bertz CT molecular complexity index is 1320. The van der Waals surface area contributed by atoms with Gasteiger partial charge in [-0.1, -0.05) is 61.7 Å². The lowest BCUT2D eigenvalue weighted by molar-refractivity contribution is -0.136. The van der Waals surface area contributed by atoms with Crippen LogP contribution in [0.5, 0.6) is 0 Å². The van der Waals surface area contributed by atoms with Crippen molar-refractivity contribution in [2.75, 3.05) is 18.0 Å². The van der Waals surface area contributed by atoms with Gasteiger partial charge in [0.25, 0.3) is 5.91 Å². The van der Waals surface area contributed by atoms with Gasteiger partial charge < -0.3 is 15.3 Å². The second kappa shape index (κ2) is 11.6. The molecule has 0 atom stereocenters. The summed E-state index contributed by atoms with van der Waals surface area (Å²) in [6.07, 6.45) is 8.89. The van der Waals surface area contributed by atoms with E-state index in [9.17, 15) is 14.7 Å². The molecule has 2 N–H and O–H groups in total. The summed E-state index contributed by atoms with van der Waals surface area (Å²) in [5.41, 5.74) is 7.51. The van der Waals surface area contributed by atoms with Gasteiger partial charge in [-0.3, -0.25) is 14.6 Å². The molecule has 0 unspecified atom stereocenters. The molecule has 2 aliphatic rings. The molecule has 5 rings (SSSR count). The van der Waals surface area contributed by atoms with Crippen LogP contribution in [0.3, 0.4) is 0 Å². The van der Waals surface area contributed by atoms with Gasteiger partial charge in [0.1, 0.15) is 0 Å². The van der Waals surface area contributed by atoms with Crippen molar-refractivity contribution < 1.29 is 14.7 Å². The molecular formula is C33H39N3O3. The number of carbonyl (C=O) groups excluding carboxylic acids is 1. The number of rotatable bonds is 7. The fraction of sp³-hybridized carbons (Fsp3) is 0.424. The van der Waals surface area contributed by atoms with Gasteiger partial charge in [0.15, 0.2) is 0 Å². The van der Waals surface area contributed by atoms with Crippen molar-refractivity contribution >= 4 is 17.6 Å². The molecule has 6 heteroatoms. The van der Waals surface area contributed by atoms with Crippen LogP contribution in [0.2, 0.25) is 0 Å². The molecule has 1 aliphatic heterocycles. The maximum absolute atomic E-state index is 12.8. The van der Waals surface area contributed by atoms with Crippen molar-refractivity contribution in [3.05, 3.63) is 82.7 Å². The topological polar surface area (TPSA) is 82.5 Å². The van der Waals surface area contributed by atoms with Gasteiger partial charge in [-0.25, -0.2) is 0 Å². The number of pyridine rings is 1. The maximum atomic E-state index is 12.8. The number of anilines is 1. The molecule has 1 amide bonds. The predicted molar refractivity (Wildman–Crippen MR) is 155 cm³/mol. The van der Waals surface area contributed by atoms with Crippen LogP contribution in [0.15, 0.2) is 54.6 Å². The molecule has 1 spiro atoms. The summed E-state index contributed by atoms with van der Waals surface area (Å²) in [4.78, 5) is 31.9. The van der Waals surface area contributed by atoms with E-state index in [0.29, 0.717) is 17.5 Å². The van der Waals surface area contributed by atoms with Gasteiger partial charge >= 0.3 is 5.97 Å². The standard InChI is InChI=1S/C33H39N3O3/c1-23-28(21-29(37)38)31(36-19-17-33(18-20-36)15-7-4-8-16-33)30(24(2)35-23)26-11-13-27(14-12-26)32(39)34-22-25-9-5-3-6-10-25/h3,5-6,9-14H,4,7-8,15-22H2,1-2H3,(H,34,39)(H,37,38). The molecule has 3 aromatic rings. The molecule has 1 saturated carbocycles. The number of carboxylic acids is 1. The van der Waals surface area contributed by atoms with Gasteiger partial charge in [0.2, 0.25) is 0 Å². The molecule has 2 aromatic carbocycles. The van der Waals surface area contributed by atoms with E-state index in [4.69, 9.17) is 4.98 Å². The summed E-state index contributed by atoms with van der Waals surface area (Å²) in [7, 11) is 0. The van der Waals surface area contributed by atoms with Crippen LogP contribution in [-0.2, 0) is 17.8 Å². The number of nitrogens with zero attached hydrogens (tertiary/aromatic N) is 2. The van der Waals surface area contributed by atoms with E-state index in [-0.39, 0.29) is 12.3 Å². The zero-order chi connectivity index (χ0) is 27.4. The van der Waals surface area contributed by atoms with E-state index in [1.54, 1.807) is 0 Å². The van der Waals surface area contributed by atoms with E-state index < -0.39 is 5.97 Å². The van der Waals surface area contributed by atoms with E-state index >= 15 is 0 Å². The van der Waals surface area contributed by atoms with Crippen LogP contribution in [0.25, 0.3) is 11.1 Å². The molecule has 204 valence electrons. The Hall–Kier alpha value is -3.67. The Labute approximate surface area is 231 Å². The van der Waals surface area contributed by atoms with E-state index in [1.165, 1.54) is 32.1 Å². The van der Waals surface area contributed by atoms with Crippen LogP contribution in [0.4, 0.5) is 5.69 Å². The second-order valence-electron chi connectivity index (χ2n) is 11.3. The lowest BCUT2D eigenvalue weighted by Crippen LogP contribution is -2.42. The highest BCUT2D eigenvalue weighted by Gasteiger charge is 2.37. The number of benzene rings is 2. The molecule has 1 aromatic heterocycles. The molecule has 1 saturated heterocycles. The third-order valence-electron chi connectivity index (χ3n) is 8.77. The Morgan fingerprint density at radius 3 is 2.21 bits per heavy atom. The van der Waals surface area contributed by atoms with E-state index in [2.05, 4.69) is 10.2 Å². The van der Waals surface area contributed by atoms with Crippen molar-refractivity contribution in [2.24, 2.45) is 5.41 Å². The maximum Gasteiger partial charge on any atom is 0.307 e. The highest BCUT2D eigenvalue weighted by atomic mass is 16.4. The quantitative estimate of drug-likeness (QED) is 0.369. The van der Waals surface area contributed by atoms with Crippen molar-refractivity contribution in [3.8, 4) is 11.1 Å². The van der Waals surface area contributed by atoms with Crippen molar-refractivity contribution in [2.45, 2.75) is 71.8 Å². The summed E-state index contributed by atoms with van der Waals surface area (Å²) in [5.74, 6) is -0.966. The largest absolute Gasteiger partial charge is 0.481 e. The van der Waals surface area contributed by atoms with Gasteiger partial charge in [-0.05, 0) is 68.2 Å². The first-order chi connectivity index (χ1) is 18.8. The molecule has 1 aliphatic carbocycles. The number of carbonyl (C=O) groups is 2. The third kappa shape index (κ3) is 6.00. The summed E-state index contributed by atoms with van der Waals surface area (Å²) in [5, 5.41) is 12.8. The fourth-order valence-electron chi connectivity index (χ4n) is 6.60. The van der Waals surface area contributed by atoms with Gasteiger partial charge in [-0.15, -0.1) is 0 Å². The minimum Gasteiger partial charge on any atom is -0.481 e. The number of carboxylic acid groups (broad SMARTS) is 1. The molecule has 2 heterocycles. The first kappa shape index (κ1) is 26.9. The molecular weight excluding hydrogens is 486 g/mol. The minimum absolute atomic E-state index is 0.0525. The average molecular weight is 526 g/mol. The first-order valence-electron chi connectivity index (χ1n) is 14.2. The number of amides is 1. The number of piperidine rings is 1. The van der Waals surface area contributed by atoms with Crippen molar-refractivity contribution in [3.63, 3.8) is 0 Å². The lowest BCUT2D eigenvalue weighted by atomic mass is 9.68.